The van der Waals surface area contributed by atoms with Crippen molar-refractivity contribution in [3.8, 4) is 11.3 Å². The summed E-state index contributed by atoms with van der Waals surface area (Å²) in [6, 6.07) is 10.1. The molecule has 3 nitrogen and oxygen atoms in total. The van der Waals surface area contributed by atoms with E-state index in [1.54, 1.807) is 11.3 Å². The molecule has 0 aliphatic carbocycles. The summed E-state index contributed by atoms with van der Waals surface area (Å²) < 4.78 is 0. The van der Waals surface area contributed by atoms with Crippen molar-refractivity contribution in [2.75, 3.05) is 6.54 Å². The van der Waals surface area contributed by atoms with Crippen molar-refractivity contribution in [1.29, 1.82) is 0 Å². The maximum Gasteiger partial charge on any atom is 0.220 e. The van der Waals surface area contributed by atoms with E-state index in [1.807, 2.05) is 18.2 Å². The molecule has 0 aliphatic rings. The molecule has 0 fully saturated rings. The lowest BCUT2D eigenvalue weighted by molar-refractivity contribution is -0.121. The van der Waals surface area contributed by atoms with Crippen molar-refractivity contribution in [2.24, 2.45) is 5.92 Å². The molecule has 0 radical (unpaired) electrons. The van der Waals surface area contributed by atoms with Gasteiger partial charge < -0.3 is 5.32 Å². The van der Waals surface area contributed by atoms with E-state index in [2.05, 4.69) is 41.7 Å². The third-order valence-corrected chi connectivity index (χ3v) is 4.14. The Morgan fingerprint density at radius 3 is 2.76 bits per heavy atom. The minimum atomic E-state index is 0.118. The molecule has 112 valence electrons. The molecule has 2 aromatic rings. The molecular formula is C17H22N2OS. The standard InChI is InChI=1S/C17H22N2OS/c1-13(2)10-11-18-16(20)8-9-17-19-15(12-21-17)14-6-4-3-5-7-14/h3-7,12-13H,8-11H2,1-2H3,(H,18,20). The molecule has 1 N–H and O–H groups in total. The van der Waals surface area contributed by atoms with Crippen LogP contribution < -0.4 is 5.32 Å². The number of benzene rings is 1. The predicted octanol–water partition coefficient (Wildman–Crippen LogP) is 3.91. The van der Waals surface area contributed by atoms with E-state index in [-0.39, 0.29) is 5.91 Å². The summed E-state index contributed by atoms with van der Waals surface area (Å²) in [4.78, 5) is 16.3. The first-order chi connectivity index (χ1) is 10.1. The first-order valence-electron chi connectivity index (χ1n) is 7.41. The van der Waals surface area contributed by atoms with Crippen LogP contribution in [0.4, 0.5) is 0 Å². The fraction of sp³-hybridized carbons (Fsp3) is 0.412. The van der Waals surface area contributed by atoms with Crippen molar-refractivity contribution in [2.45, 2.75) is 33.1 Å². The maximum atomic E-state index is 11.7. The molecule has 1 aromatic carbocycles. The van der Waals surface area contributed by atoms with Crippen LogP contribution in [0.3, 0.4) is 0 Å². The number of hydrogen-bond acceptors (Lipinski definition) is 3. The Hall–Kier alpha value is -1.68. The lowest BCUT2D eigenvalue weighted by atomic mass is 10.1. The Bertz CT molecular complexity index is 563. The highest BCUT2D eigenvalue weighted by atomic mass is 32.1. The molecule has 0 saturated heterocycles. The van der Waals surface area contributed by atoms with Crippen LogP contribution in [0.5, 0.6) is 0 Å². The molecule has 1 amide bonds. The van der Waals surface area contributed by atoms with Crippen molar-refractivity contribution < 1.29 is 4.79 Å². The van der Waals surface area contributed by atoms with E-state index in [4.69, 9.17) is 0 Å². The van der Waals surface area contributed by atoms with Gasteiger partial charge in [0.1, 0.15) is 0 Å². The number of rotatable bonds is 7. The smallest absolute Gasteiger partial charge is 0.220 e. The van der Waals surface area contributed by atoms with Gasteiger partial charge in [0.2, 0.25) is 5.91 Å². The average Bonchev–Trinajstić information content (AvgIpc) is 2.94. The summed E-state index contributed by atoms with van der Waals surface area (Å²) in [5.74, 6) is 0.741. The van der Waals surface area contributed by atoms with Crippen LogP contribution >= 0.6 is 11.3 Å². The molecule has 0 spiro atoms. The molecular weight excluding hydrogens is 280 g/mol. The average molecular weight is 302 g/mol. The number of hydrogen-bond donors (Lipinski definition) is 1. The molecule has 1 heterocycles. The van der Waals surface area contributed by atoms with E-state index in [0.717, 1.165) is 29.2 Å². The van der Waals surface area contributed by atoms with Crippen molar-refractivity contribution in [3.05, 3.63) is 40.7 Å². The van der Waals surface area contributed by atoms with Gasteiger partial charge in [0.05, 0.1) is 10.7 Å². The zero-order valence-corrected chi connectivity index (χ0v) is 13.5. The van der Waals surface area contributed by atoms with Gasteiger partial charge in [-0.15, -0.1) is 11.3 Å². The van der Waals surface area contributed by atoms with Gasteiger partial charge in [0, 0.05) is 30.3 Å². The molecule has 1 aromatic heterocycles. The molecule has 0 unspecified atom stereocenters. The molecule has 21 heavy (non-hydrogen) atoms. The molecule has 0 bridgehead atoms. The predicted molar refractivity (Wildman–Crippen MR) is 88.3 cm³/mol. The van der Waals surface area contributed by atoms with Crippen LogP contribution in [0.25, 0.3) is 11.3 Å². The number of carbonyl (C=O) groups is 1. The second-order valence-corrected chi connectivity index (χ2v) is 6.47. The van der Waals surface area contributed by atoms with Gasteiger partial charge in [0.15, 0.2) is 0 Å². The number of carbonyl (C=O) groups excluding carboxylic acids is 1. The topological polar surface area (TPSA) is 42.0 Å². The zero-order chi connectivity index (χ0) is 15.1. The second-order valence-electron chi connectivity index (χ2n) is 5.52. The minimum absolute atomic E-state index is 0.118. The third-order valence-electron chi connectivity index (χ3n) is 3.23. The minimum Gasteiger partial charge on any atom is -0.356 e. The Balaban J connectivity index is 1.79. The summed E-state index contributed by atoms with van der Waals surface area (Å²) in [6.07, 6.45) is 2.26. The van der Waals surface area contributed by atoms with Crippen LogP contribution in [0.15, 0.2) is 35.7 Å². The van der Waals surface area contributed by atoms with E-state index in [1.165, 1.54) is 0 Å². The van der Waals surface area contributed by atoms with Crippen molar-refractivity contribution in [3.63, 3.8) is 0 Å². The largest absolute Gasteiger partial charge is 0.356 e. The van der Waals surface area contributed by atoms with Crippen molar-refractivity contribution >= 4 is 17.2 Å². The van der Waals surface area contributed by atoms with E-state index in [0.29, 0.717) is 18.8 Å². The SMILES string of the molecule is CC(C)CCNC(=O)CCc1nc(-c2ccccc2)cs1. The lowest BCUT2D eigenvalue weighted by Crippen LogP contribution is -2.25. The normalized spacial score (nSPS) is 10.8. The molecule has 0 saturated carbocycles. The van der Waals surface area contributed by atoms with Gasteiger partial charge in [0.25, 0.3) is 0 Å². The van der Waals surface area contributed by atoms with Crippen LogP contribution in [0.1, 0.15) is 31.7 Å². The lowest BCUT2D eigenvalue weighted by Gasteiger charge is -2.06. The van der Waals surface area contributed by atoms with E-state index in [9.17, 15) is 4.79 Å². The number of aromatic nitrogens is 1. The summed E-state index contributed by atoms with van der Waals surface area (Å²) in [5, 5.41) is 6.04. The number of aryl methyl sites for hydroxylation is 1. The van der Waals surface area contributed by atoms with Gasteiger partial charge in [-0.3, -0.25) is 4.79 Å². The number of nitrogens with one attached hydrogen (secondary N) is 1. The highest BCUT2D eigenvalue weighted by molar-refractivity contribution is 7.09. The Morgan fingerprint density at radius 1 is 1.29 bits per heavy atom. The molecule has 0 atom stereocenters. The monoisotopic (exact) mass is 302 g/mol. The van der Waals surface area contributed by atoms with Crippen LogP contribution in [0.2, 0.25) is 0 Å². The van der Waals surface area contributed by atoms with Crippen molar-refractivity contribution in [1.82, 2.24) is 10.3 Å². The Morgan fingerprint density at radius 2 is 2.05 bits per heavy atom. The second kappa shape index (κ2) is 7.93. The number of nitrogens with zero attached hydrogens (tertiary/aromatic N) is 1. The Labute approximate surface area is 130 Å². The molecule has 4 heteroatoms. The van der Waals surface area contributed by atoms with Crippen LogP contribution in [-0.2, 0) is 11.2 Å². The maximum absolute atomic E-state index is 11.7. The van der Waals surface area contributed by atoms with Gasteiger partial charge in [-0.25, -0.2) is 4.98 Å². The summed E-state index contributed by atoms with van der Waals surface area (Å²) in [5.41, 5.74) is 2.12. The zero-order valence-electron chi connectivity index (χ0n) is 12.6. The molecule has 0 aliphatic heterocycles. The summed E-state index contributed by atoms with van der Waals surface area (Å²) in [7, 11) is 0. The highest BCUT2D eigenvalue weighted by Crippen LogP contribution is 2.22. The van der Waals surface area contributed by atoms with Gasteiger partial charge in [-0.1, -0.05) is 44.2 Å². The van der Waals surface area contributed by atoms with Crippen LogP contribution in [-0.4, -0.2) is 17.4 Å². The summed E-state index contributed by atoms with van der Waals surface area (Å²) >= 11 is 1.62. The molecule has 2 rings (SSSR count). The van der Waals surface area contributed by atoms with Gasteiger partial charge in [-0.05, 0) is 12.3 Å². The fourth-order valence-corrected chi connectivity index (χ4v) is 2.78. The fourth-order valence-electron chi connectivity index (χ4n) is 1.98. The quantitative estimate of drug-likeness (QED) is 0.842. The third kappa shape index (κ3) is 5.31. The number of amides is 1. The van der Waals surface area contributed by atoms with Gasteiger partial charge >= 0.3 is 0 Å². The first-order valence-corrected chi connectivity index (χ1v) is 8.29. The van der Waals surface area contributed by atoms with Gasteiger partial charge in [-0.2, -0.15) is 0 Å². The summed E-state index contributed by atoms with van der Waals surface area (Å²) in [6.45, 7) is 5.09. The highest BCUT2D eigenvalue weighted by Gasteiger charge is 2.07. The number of thiazole rings is 1. The van der Waals surface area contributed by atoms with Crippen LogP contribution in [0, 0.1) is 5.92 Å². The van der Waals surface area contributed by atoms with E-state index >= 15 is 0 Å². The van der Waals surface area contributed by atoms with E-state index < -0.39 is 0 Å². The first kappa shape index (κ1) is 15.7. The Kier molecular flexibility index (Phi) is 5.93.